The van der Waals surface area contributed by atoms with Crippen LogP contribution in [0.5, 0.6) is 0 Å². The van der Waals surface area contributed by atoms with E-state index in [2.05, 4.69) is 16.8 Å². The van der Waals surface area contributed by atoms with Crippen LogP contribution in [0.25, 0.3) is 0 Å². The Balaban J connectivity index is 2.01. The summed E-state index contributed by atoms with van der Waals surface area (Å²) in [6.45, 7) is 0. The highest BCUT2D eigenvalue weighted by molar-refractivity contribution is 7.08. The SMILES string of the molecule is O=C(CCl)C1CC1c1ccsc1. The number of hydrogen-bond acceptors (Lipinski definition) is 2. The first-order chi connectivity index (χ1) is 5.83. The molecule has 1 aromatic rings. The fraction of sp³-hybridized carbons (Fsp3) is 0.444. The van der Waals surface area contributed by atoms with Gasteiger partial charge < -0.3 is 0 Å². The van der Waals surface area contributed by atoms with Crippen molar-refractivity contribution in [1.82, 2.24) is 0 Å². The van der Waals surface area contributed by atoms with E-state index in [1.165, 1.54) is 5.56 Å². The minimum absolute atomic E-state index is 0.172. The Kier molecular flexibility index (Phi) is 2.20. The summed E-state index contributed by atoms with van der Waals surface area (Å²) in [6, 6.07) is 2.09. The van der Waals surface area contributed by atoms with E-state index >= 15 is 0 Å². The number of thiophene rings is 1. The molecule has 1 aliphatic rings. The van der Waals surface area contributed by atoms with Crippen molar-refractivity contribution in [3.63, 3.8) is 0 Å². The third kappa shape index (κ3) is 1.41. The number of halogens is 1. The quantitative estimate of drug-likeness (QED) is 0.686. The van der Waals surface area contributed by atoms with Crippen molar-refractivity contribution < 1.29 is 4.79 Å². The predicted molar refractivity (Wildman–Crippen MR) is 50.9 cm³/mol. The lowest BCUT2D eigenvalue weighted by molar-refractivity contribution is -0.117. The van der Waals surface area contributed by atoms with Crippen LogP contribution in [0.15, 0.2) is 16.8 Å². The molecule has 0 saturated heterocycles. The topological polar surface area (TPSA) is 17.1 Å². The maximum atomic E-state index is 11.2. The first kappa shape index (κ1) is 8.27. The van der Waals surface area contributed by atoms with Crippen LogP contribution in [0.2, 0.25) is 0 Å². The molecule has 0 aliphatic heterocycles. The number of rotatable bonds is 3. The summed E-state index contributed by atoms with van der Waals surface area (Å²) in [7, 11) is 0. The summed E-state index contributed by atoms with van der Waals surface area (Å²) in [4.78, 5) is 11.2. The summed E-state index contributed by atoms with van der Waals surface area (Å²) in [5, 5.41) is 4.17. The minimum Gasteiger partial charge on any atom is -0.298 e. The molecule has 0 amide bonds. The monoisotopic (exact) mass is 200 g/mol. The van der Waals surface area contributed by atoms with Gasteiger partial charge in [0, 0.05) is 5.92 Å². The van der Waals surface area contributed by atoms with Crippen LogP contribution >= 0.6 is 22.9 Å². The average molecular weight is 201 g/mol. The Morgan fingerprint density at radius 1 is 1.75 bits per heavy atom. The van der Waals surface area contributed by atoms with Crippen molar-refractivity contribution in [2.24, 2.45) is 5.92 Å². The van der Waals surface area contributed by atoms with E-state index in [4.69, 9.17) is 11.6 Å². The second kappa shape index (κ2) is 3.19. The van der Waals surface area contributed by atoms with Gasteiger partial charge in [0.05, 0.1) is 5.88 Å². The van der Waals surface area contributed by atoms with Gasteiger partial charge in [0.15, 0.2) is 5.78 Å². The second-order valence-electron chi connectivity index (χ2n) is 3.11. The van der Waals surface area contributed by atoms with Crippen LogP contribution in [-0.4, -0.2) is 11.7 Å². The van der Waals surface area contributed by atoms with Crippen molar-refractivity contribution in [1.29, 1.82) is 0 Å². The third-order valence-corrected chi connectivity index (χ3v) is 3.27. The van der Waals surface area contributed by atoms with Gasteiger partial charge in [0.2, 0.25) is 0 Å². The van der Waals surface area contributed by atoms with E-state index in [-0.39, 0.29) is 17.6 Å². The summed E-state index contributed by atoms with van der Waals surface area (Å²) < 4.78 is 0. The highest BCUT2D eigenvalue weighted by Gasteiger charge is 2.43. The molecule has 1 heterocycles. The van der Waals surface area contributed by atoms with E-state index < -0.39 is 0 Å². The molecule has 2 atom stereocenters. The molecule has 1 fully saturated rings. The van der Waals surface area contributed by atoms with Crippen LogP contribution in [0.1, 0.15) is 17.9 Å². The maximum absolute atomic E-state index is 11.2. The molecular weight excluding hydrogens is 192 g/mol. The molecule has 1 aliphatic carbocycles. The molecule has 2 rings (SSSR count). The maximum Gasteiger partial charge on any atom is 0.151 e. The van der Waals surface area contributed by atoms with Gasteiger partial charge in [-0.1, -0.05) is 0 Å². The number of alkyl halides is 1. The summed E-state index contributed by atoms with van der Waals surface area (Å²) in [5.74, 6) is 1.07. The van der Waals surface area contributed by atoms with Crippen molar-refractivity contribution >= 4 is 28.7 Å². The van der Waals surface area contributed by atoms with Gasteiger partial charge in [-0.25, -0.2) is 0 Å². The largest absolute Gasteiger partial charge is 0.298 e. The van der Waals surface area contributed by atoms with Crippen molar-refractivity contribution in [3.05, 3.63) is 22.4 Å². The number of carbonyl (C=O) groups excluding carboxylic acids is 1. The standard InChI is InChI=1S/C9H9ClOS/c10-4-9(11)8-3-7(8)6-1-2-12-5-6/h1-2,5,7-8H,3-4H2. The number of Topliss-reactive ketones (excluding diaryl/α,β-unsaturated/α-hetero) is 1. The molecule has 1 nitrogen and oxygen atoms in total. The molecule has 0 N–H and O–H groups in total. The molecule has 3 heteroatoms. The lowest BCUT2D eigenvalue weighted by Crippen LogP contribution is -2.02. The Hall–Kier alpha value is -0.340. The fourth-order valence-electron chi connectivity index (χ4n) is 1.50. The van der Waals surface area contributed by atoms with E-state index in [0.29, 0.717) is 5.92 Å². The van der Waals surface area contributed by atoms with E-state index in [0.717, 1.165) is 6.42 Å². The van der Waals surface area contributed by atoms with Gasteiger partial charge in [-0.3, -0.25) is 4.79 Å². The van der Waals surface area contributed by atoms with Crippen LogP contribution in [-0.2, 0) is 4.79 Å². The normalized spacial score (nSPS) is 27.1. The number of ketones is 1. The number of hydrogen-bond donors (Lipinski definition) is 0. The third-order valence-electron chi connectivity index (χ3n) is 2.31. The molecule has 12 heavy (non-hydrogen) atoms. The summed E-state index contributed by atoms with van der Waals surface area (Å²) in [5.41, 5.74) is 1.31. The zero-order valence-corrected chi connectivity index (χ0v) is 8.07. The molecular formula is C9H9ClOS. The van der Waals surface area contributed by atoms with Crippen molar-refractivity contribution in [3.8, 4) is 0 Å². The molecule has 1 saturated carbocycles. The van der Waals surface area contributed by atoms with Gasteiger partial charge in [-0.15, -0.1) is 11.6 Å². The molecule has 1 aromatic heterocycles. The first-order valence-electron chi connectivity index (χ1n) is 3.93. The zero-order chi connectivity index (χ0) is 8.55. The zero-order valence-electron chi connectivity index (χ0n) is 6.50. The molecule has 2 unspecified atom stereocenters. The lowest BCUT2D eigenvalue weighted by atomic mass is 10.1. The average Bonchev–Trinajstić information content (AvgIpc) is 2.71. The Labute approximate surface area is 80.4 Å². The van der Waals surface area contributed by atoms with Crippen LogP contribution in [0.3, 0.4) is 0 Å². The van der Waals surface area contributed by atoms with Gasteiger partial charge in [0.1, 0.15) is 0 Å². The van der Waals surface area contributed by atoms with Gasteiger partial charge in [0.25, 0.3) is 0 Å². The molecule has 0 radical (unpaired) electrons. The highest BCUT2D eigenvalue weighted by atomic mass is 35.5. The molecule has 0 spiro atoms. The van der Waals surface area contributed by atoms with Gasteiger partial charge in [-0.05, 0) is 34.7 Å². The van der Waals surface area contributed by atoms with Crippen LogP contribution in [0.4, 0.5) is 0 Å². The van der Waals surface area contributed by atoms with E-state index in [9.17, 15) is 4.79 Å². The smallest absolute Gasteiger partial charge is 0.151 e. The van der Waals surface area contributed by atoms with Crippen LogP contribution < -0.4 is 0 Å². The molecule has 0 aromatic carbocycles. The highest BCUT2D eigenvalue weighted by Crippen LogP contribution is 2.48. The van der Waals surface area contributed by atoms with E-state index in [1.54, 1.807) is 11.3 Å². The molecule has 0 bridgehead atoms. The van der Waals surface area contributed by atoms with Gasteiger partial charge >= 0.3 is 0 Å². The van der Waals surface area contributed by atoms with Crippen molar-refractivity contribution in [2.45, 2.75) is 12.3 Å². The Morgan fingerprint density at radius 3 is 3.17 bits per heavy atom. The Bertz CT molecular complexity index is 281. The fourth-order valence-corrected chi connectivity index (χ4v) is 2.43. The second-order valence-corrected chi connectivity index (χ2v) is 4.15. The van der Waals surface area contributed by atoms with Gasteiger partial charge in [-0.2, -0.15) is 11.3 Å². The summed E-state index contributed by atoms with van der Waals surface area (Å²) in [6.07, 6.45) is 1.00. The Morgan fingerprint density at radius 2 is 2.58 bits per heavy atom. The van der Waals surface area contributed by atoms with Crippen LogP contribution in [0, 0.1) is 5.92 Å². The van der Waals surface area contributed by atoms with Crippen molar-refractivity contribution in [2.75, 3.05) is 5.88 Å². The minimum atomic E-state index is 0.172. The predicted octanol–water partition coefficient (Wildman–Crippen LogP) is 2.66. The number of carbonyl (C=O) groups is 1. The lowest BCUT2D eigenvalue weighted by Gasteiger charge is -1.92. The molecule has 64 valence electrons. The first-order valence-corrected chi connectivity index (χ1v) is 5.41. The van der Waals surface area contributed by atoms with E-state index in [1.807, 2.05) is 0 Å². The summed E-state index contributed by atoms with van der Waals surface area (Å²) >= 11 is 7.15.